The van der Waals surface area contributed by atoms with Gasteiger partial charge in [0, 0.05) is 6.42 Å². The first kappa shape index (κ1) is 13.9. The Balaban J connectivity index is 4.17. The van der Waals surface area contributed by atoms with Crippen molar-refractivity contribution in [3.05, 3.63) is 0 Å². The van der Waals surface area contributed by atoms with E-state index in [0.29, 0.717) is 19.4 Å². The zero-order valence-electron chi connectivity index (χ0n) is 9.71. The van der Waals surface area contributed by atoms with Crippen LogP contribution in [0.25, 0.3) is 0 Å². The molecule has 0 heterocycles. The van der Waals surface area contributed by atoms with E-state index in [2.05, 4.69) is 0 Å². The Morgan fingerprint density at radius 1 is 1.33 bits per heavy atom. The highest BCUT2D eigenvalue weighted by molar-refractivity contribution is 5.70. The van der Waals surface area contributed by atoms with E-state index in [4.69, 9.17) is 9.84 Å². The number of ether oxygens (including phenoxy) is 1. The molecule has 0 amide bonds. The summed E-state index contributed by atoms with van der Waals surface area (Å²) in [6.45, 7) is 6.02. The molecule has 0 saturated carbocycles. The highest BCUT2D eigenvalue weighted by atomic mass is 16.5. The minimum atomic E-state index is -0.821. The molecule has 4 nitrogen and oxygen atoms in total. The van der Waals surface area contributed by atoms with Gasteiger partial charge in [0.15, 0.2) is 0 Å². The first-order chi connectivity index (χ1) is 6.93. The smallest absolute Gasteiger partial charge is 0.306 e. The van der Waals surface area contributed by atoms with Crippen molar-refractivity contribution in [1.29, 1.82) is 0 Å². The third-order valence-corrected chi connectivity index (χ3v) is 2.67. The Bertz CT molecular complexity index is 225. The second-order valence-electron chi connectivity index (χ2n) is 4.04. The van der Waals surface area contributed by atoms with Gasteiger partial charge in [-0.15, -0.1) is 0 Å². The Morgan fingerprint density at radius 3 is 2.33 bits per heavy atom. The van der Waals surface area contributed by atoms with E-state index in [1.165, 1.54) is 0 Å². The quantitative estimate of drug-likeness (QED) is 0.663. The number of carbonyl (C=O) groups excluding carboxylic acids is 1. The van der Waals surface area contributed by atoms with E-state index in [1.54, 1.807) is 6.92 Å². The molecule has 0 aromatic heterocycles. The third-order valence-electron chi connectivity index (χ3n) is 2.67. The lowest BCUT2D eigenvalue weighted by atomic mass is 9.80. The number of hydrogen-bond donors (Lipinski definition) is 1. The van der Waals surface area contributed by atoms with Crippen LogP contribution in [0.5, 0.6) is 0 Å². The summed E-state index contributed by atoms with van der Waals surface area (Å²) in [5, 5.41) is 8.59. The average molecular weight is 216 g/mol. The third kappa shape index (κ3) is 6.10. The second kappa shape index (κ2) is 6.43. The largest absolute Gasteiger partial charge is 0.481 e. The molecule has 0 rings (SSSR count). The van der Waals surface area contributed by atoms with Gasteiger partial charge >= 0.3 is 11.9 Å². The zero-order chi connectivity index (χ0) is 11.9. The number of carboxylic acids is 1. The maximum Gasteiger partial charge on any atom is 0.306 e. The predicted molar refractivity (Wildman–Crippen MR) is 56.5 cm³/mol. The van der Waals surface area contributed by atoms with Crippen molar-refractivity contribution in [3.8, 4) is 0 Å². The monoisotopic (exact) mass is 216 g/mol. The van der Waals surface area contributed by atoms with E-state index in [0.717, 1.165) is 6.42 Å². The van der Waals surface area contributed by atoms with Crippen LogP contribution < -0.4 is 0 Å². The van der Waals surface area contributed by atoms with E-state index in [9.17, 15) is 9.59 Å². The minimum absolute atomic E-state index is 0.101. The average Bonchev–Trinajstić information content (AvgIpc) is 2.15. The Kier molecular flexibility index (Phi) is 5.97. The molecule has 0 aliphatic rings. The number of rotatable bonds is 7. The summed E-state index contributed by atoms with van der Waals surface area (Å²) >= 11 is 0. The standard InChI is InChI=1S/C11H20O4/c1-4-11(3,7-6-9(12)13)8-10(14)15-5-2/h4-8H2,1-3H3,(H,12,13). The summed E-state index contributed by atoms with van der Waals surface area (Å²) in [7, 11) is 0. The second-order valence-corrected chi connectivity index (χ2v) is 4.04. The fraction of sp³-hybridized carbons (Fsp3) is 0.818. The molecule has 88 valence electrons. The van der Waals surface area contributed by atoms with Crippen molar-refractivity contribution in [3.63, 3.8) is 0 Å². The summed E-state index contributed by atoms with van der Waals surface area (Å²) in [4.78, 5) is 21.7. The van der Waals surface area contributed by atoms with Crippen LogP contribution in [0.15, 0.2) is 0 Å². The Morgan fingerprint density at radius 2 is 1.93 bits per heavy atom. The van der Waals surface area contributed by atoms with Crippen LogP contribution in [0, 0.1) is 5.41 Å². The maximum atomic E-state index is 11.3. The topological polar surface area (TPSA) is 63.6 Å². The van der Waals surface area contributed by atoms with Crippen LogP contribution in [0.2, 0.25) is 0 Å². The van der Waals surface area contributed by atoms with Gasteiger partial charge in [0.25, 0.3) is 0 Å². The van der Waals surface area contributed by atoms with Gasteiger partial charge in [0.2, 0.25) is 0 Å². The molecule has 1 unspecified atom stereocenters. The van der Waals surface area contributed by atoms with Gasteiger partial charge in [-0.3, -0.25) is 9.59 Å². The van der Waals surface area contributed by atoms with Crippen molar-refractivity contribution < 1.29 is 19.4 Å². The zero-order valence-corrected chi connectivity index (χ0v) is 9.71. The molecular weight excluding hydrogens is 196 g/mol. The first-order valence-corrected chi connectivity index (χ1v) is 5.31. The van der Waals surface area contributed by atoms with Crippen LogP contribution in [-0.2, 0) is 14.3 Å². The lowest BCUT2D eigenvalue weighted by Crippen LogP contribution is -2.22. The number of carbonyl (C=O) groups is 2. The van der Waals surface area contributed by atoms with Gasteiger partial charge in [0.05, 0.1) is 13.0 Å². The molecule has 15 heavy (non-hydrogen) atoms. The van der Waals surface area contributed by atoms with Crippen LogP contribution in [-0.4, -0.2) is 23.7 Å². The van der Waals surface area contributed by atoms with E-state index >= 15 is 0 Å². The van der Waals surface area contributed by atoms with E-state index in [1.807, 2.05) is 13.8 Å². The summed E-state index contributed by atoms with van der Waals surface area (Å²) < 4.78 is 4.86. The van der Waals surface area contributed by atoms with Crippen molar-refractivity contribution in [2.75, 3.05) is 6.61 Å². The van der Waals surface area contributed by atoms with Gasteiger partial charge < -0.3 is 9.84 Å². The Hall–Kier alpha value is -1.06. The normalized spacial score (nSPS) is 14.3. The number of hydrogen-bond acceptors (Lipinski definition) is 3. The van der Waals surface area contributed by atoms with Crippen LogP contribution in [0.4, 0.5) is 0 Å². The van der Waals surface area contributed by atoms with Crippen LogP contribution in [0.1, 0.15) is 46.5 Å². The van der Waals surface area contributed by atoms with Gasteiger partial charge in [-0.25, -0.2) is 0 Å². The van der Waals surface area contributed by atoms with Gasteiger partial charge in [-0.05, 0) is 18.8 Å². The molecule has 0 saturated heterocycles. The lowest BCUT2D eigenvalue weighted by Gasteiger charge is -2.26. The van der Waals surface area contributed by atoms with Crippen molar-refractivity contribution in [1.82, 2.24) is 0 Å². The predicted octanol–water partition coefficient (Wildman–Crippen LogP) is 2.22. The Labute approximate surface area is 90.6 Å². The minimum Gasteiger partial charge on any atom is -0.481 e. The molecule has 0 aliphatic heterocycles. The molecule has 0 radical (unpaired) electrons. The molecule has 0 spiro atoms. The number of aliphatic carboxylic acids is 1. The summed E-state index contributed by atoms with van der Waals surface area (Å²) in [5.74, 6) is -1.06. The SMILES string of the molecule is CCOC(=O)CC(C)(CC)CCC(=O)O. The van der Waals surface area contributed by atoms with Crippen LogP contribution in [0.3, 0.4) is 0 Å². The summed E-state index contributed by atoms with van der Waals surface area (Å²) in [6, 6.07) is 0. The molecule has 0 aromatic rings. The van der Waals surface area contributed by atoms with Crippen molar-refractivity contribution in [2.24, 2.45) is 5.41 Å². The molecule has 1 N–H and O–H groups in total. The van der Waals surface area contributed by atoms with E-state index < -0.39 is 5.97 Å². The van der Waals surface area contributed by atoms with Crippen LogP contribution >= 0.6 is 0 Å². The van der Waals surface area contributed by atoms with Gasteiger partial charge in [-0.2, -0.15) is 0 Å². The highest BCUT2D eigenvalue weighted by Gasteiger charge is 2.26. The van der Waals surface area contributed by atoms with Crippen molar-refractivity contribution >= 4 is 11.9 Å². The molecule has 4 heteroatoms. The molecule has 0 aliphatic carbocycles. The highest BCUT2D eigenvalue weighted by Crippen LogP contribution is 2.31. The molecular formula is C11H20O4. The van der Waals surface area contributed by atoms with Crippen molar-refractivity contribution in [2.45, 2.75) is 46.5 Å². The van der Waals surface area contributed by atoms with Gasteiger partial charge in [-0.1, -0.05) is 20.3 Å². The molecule has 1 atom stereocenters. The fourth-order valence-electron chi connectivity index (χ4n) is 1.36. The number of esters is 1. The number of carboxylic acid groups (broad SMARTS) is 1. The fourth-order valence-corrected chi connectivity index (χ4v) is 1.36. The van der Waals surface area contributed by atoms with Gasteiger partial charge in [0.1, 0.15) is 0 Å². The molecule has 0 bridgehead atoms. The maximum absolute atomic E-state index is 11.3. The van der Waals surface area contributed by atoms with E-state index in [-0.39, 0.29) is 17.8 Å². The molecule has 0 fully saturated rings. The molecule has 0 aromatic carbocycles. The summed E-state index contributed by atoms with van der Waals surface area (Å²) in [5.41, 5.74) is -0.259. The summed E-state index contributed by atoms with van der Waals surface area (Å²) in [6.07, 6.45) is 1.69. The first-order valence-electron chi connectivity index (χ1n) is 5.31. The lowest BCUT2D eigenvalue weighted by molar-refractivity contribution is -0.147.